The molecule has 0 N–H and O–H groups in total. The Morgan fingerprint density at radius 1 is 1.09 bits per heavy atom. The van der Waals surface area contributed by atoms with E-state index in [1.54, 1.807) is 6.07 Å². The Balaban J connectivity index is 1.68. The Morgan fingerprint density at radius 2 is 1.83 bits per heavy atom. The van der Waals surface area contributed by atoms with Crippen molar-refractivity contribution in [3.05, 3.63) is 70.6 Å². The van der Waals surface area contributed by atoms with Gasteiger partial charge in [-0.05, 0) is 18.6 Å². The number of aryl methyl sites for hydroxylation is 1. The Hall–Kier alpha value is -1.98. The molecule has 1 atom stereocenters. The third kappa shape index (κ3) is 4.06. The van der Waals surface area contributed by atoms with Crippen LogP contribution in [0, 0.1) is 6.92 Å². The summed E-state index contributed by atoms with van der Waals surface area (Å²) in [5.74, 6) is 1.45. The Labute approximate surface area is 142 Å². The fourth-order valence-corrected chi connectivity index (χ4v) is 3.49. The van der Waals surface area contributed by atoms with Crippen LogP contribution >= 0.6 is 11.6 Å². The van der Waals surface area contributed by atoms with E-state index in [2.05, 4.69) is 10.1 Å². The summed E-state index contributed by atoms with van der Waals surface area (Å²) in [5, 5.41) is 4.56. The molecular formula is C17H15ClN2O2S. The molecule has 0 bridgehead atoms. The van der Waals surface area contributed by atoms with Gasteiger partial charge < -0.3 is 4.52 Å². The number of hydrogen-bond acceptors (Lipinski definition) is 4. The van der Waals surface area contributed by atoms with Crippen molar-refractivity contribution >= 4 is 22.4 Å². The van der Waals surface area contributed by atoms with E-state index in [0.29, 0.717) is 22.5 Å². The zero-order valence-electron chi connectivity index (χ0n) is 12.5. The monoisotopic (exact) mass is 346 g/mol. The molecule has 1 heterocycles. The highest BCUT2D eigenvalue weighted by molar-refractivity contribution is 7.83. The molecule has 0 radical (unpaired) electrons. The van der Waals surface area contributed by atoms with Crippen molar-refractivity contribution in [2.45, 2.75) is 18.4 Å². The van der Waals surface area contributed by atoms with E-state index >= 15 is 0 Å². The maximum atomic E-state index is 12.2. The van der Waals surface area contributed by atoms with E-state index < -0.39 is 10.8 Å². The summed E-state index contributed by atoms with van der Waals surface area (Å²) >= 11 is 6.08. The molecule has 3 rings (SSSR count). The molecule has 0 saturated heterocycles. The van der Waals surface area contributed by atoms with Crippen LogP contribution < -0.4 is 0 Å². The first-order valence-corrected chi connectivity index (χ1v) is 8.96. The molecule has 0 amide bonds. The van der Waals surface area contributed by atoms with Crippen LogP contribution in [0.1, 0.15) is 17.0 Å². The fraction of sp³-hybridized carbons (Fsp3) is 0.176. The molecule has 6 heteroatoms. The number of benzene rings is 2. The standard InChI is InChI=1S/C17H15ClN2O2S/c1-12-6-8-13(9-7-12)17-19-16(22-20-17)11-23(21)10-14-4-2-3-5-15(14)18/h2-9H,10-11H2,1H3/t23-/m1/s1. The topological polar surface area (TPSA) is 56.0 Å². The summed E-state index contributed by atoms with van der Waals surface area (Å²) in [6.45, 7) is 2.02. The first kappa shape index (κ1) is 15.9. The molecule has 0 aliphatic rings. The second-order valence-corrected chi connectivity index (χ2v) is 7.06. The number of nitrogens with zero attached hydrogens (tertiary/aromatic N) is 2. The van der Waals surface area contributed by atoms with Crippen molar-refractivity contribution in [1.29, 1.82) is 0 Å². The Kier molecular flexibility index (Phi) is 4.88. The molecule has 1 aromatic heterocycles. The van der Waals surface area contributed by atoms with Crippen molar-refractivity contribution in [2.24, 2.45) is 0 Å². The van der Waals surface area contributed by atoms with Crippen molar-refractivity contribution in [3.8, 4) is 11.4 Å². The summed E-state index contributed by atoms with van der Waals surface area (Å²) in [4.78, 5) is 4.31. The summed E-state index contributed by atoms with van der Waals surface area (Å²) in [7, 11) is -1.16. The van der Waals surface area contributed by atoms with Gasteiger partial charge in [-0.25, -0.2) is 0 Å². The average molecular weight is 347 g/mol. The van der Waals surface area contributed by atoms with Crippen molar-refractivity contribution in [3.63, 3.8) is 0 Å². The molecule has 23 heavy (non-hydrogen) atoms. The SMILES string of the molecule is Cc1ccc(-c2noc(C[S@](=O)Cc3ccccc3Cl)n2)cc1. The highest BCUT2D eigenvalue weighted by Gasteiger charge is 2.13. The van der Waals surface area contributed by atoms with Gasteiger partial charge in [0.2, 0.25) is 11.7 Å². The summed E-state index contributed by atoms with van der Waals surface area (Å²) in [5.41, 5.74) is 2.89. The maximum Gasteiger partial charge on any atom is 0.239 e. The molecule has 0 unspecified atom stereocenters. The lowest BCUT2D eigenvalue weighted by molar-refractivity contribution is 0.390. The second-order valence-electron chi connectivity index (χ2n) is 5.20. The van der Waals surface area contributed by atoms with E-state index in [-0.39, 0.29) is 5.75 Å². The minimum atomic E-state index is -1.16. The number of hydrogen-bond donors (Lipinski definition) is 0. The van der Waals surface area contributed by atoms with Crippen LogP contribution in [-0.4, -0.2) is 14.3 Å². The highest BCUT2D eigenvalue weighted by atomic mass is 35.5. The molecule has 2 aromatic carbocycles. The molecule has 3 aromatic rings. The molecule has 0 saturated carbocycles. The predicted octanol–water partition coefficient (Wildman–Crippen LogP) is 4.15. The van der Waals surface area contributed by atoms with E-state index in [0.717, 1.165) is 11.1 Å². The predicted molar refractivity (Wildman–Crippen MR) is 91.5 cm³/mol. The smallest absolute Gasteiger partial charge is 0.239 e. The molecular weight excluding hydrogens is 332 g/mol. The van der Waals surface area contributed by atoms with Gasteiger partial charge in [0.05, 0.1) is 5.75 Å². The van der Waals surface area contributed by atoms with Crippen molar-refractivity contribution in [1.82, 2.24) is 10.1 Å². The minimum absolute atomic E-state index is 0.212. The number of rotatable bonds is 5. The van der Waals surface area contributed by atoms with Crippen molar-refractivity contribution in [2.75, 3.05) is 0 Å². The number of aromatic nitrogens is 2. The van der Waals surface area contributed by atoms with Gasteiger partial charge in [0.1, 0.15) is 5.75 Å². The average Bonchev–Trinajstić information content (AvgIpc) is 2.98. The maximum absolute atomic E-state index is 12.2. The molecule has 0 fully saturated rings. The second kappa shape index (κ2) is 7.06. The van der Waals surface area contributed by atoms with Crippen LogP contribution in [0.2, 0.25) is 5.02 Å². The number of halogens is 1. The molecule has 4 nitrogen and oxygen atoms in total. The third-order valence-electron chi connectivity index (χ3n) is 3.34. The lowest BCUT2D eigenvalue weighted by Crippen LogP contribution is -2.00. The van der Waals surface area contributed by atoms with E-state index in [9.17, 15) is 4.21 Å². The van der Waals surface area contributed by atoms with Gasteiger partial charge in [0.25, 0.3) is 0 Å². The first-order valence-electron chi connectivity index (χ1n) is 7.10. The van der Waals surface area contributed by atoms with Crippen LogP contribution in [0.5, 0.6) is 0 Å². The van der Waals surface area contributed by atoms with Gasteiger partial charge in [0, 0.05) is 21.4 Å². The minimum Gasteiger partial charge on any atom is -0.338 e. The lowest BCUT2D eigenvalue weighted by Gasteiger charge is -2.02. The Morgan fingerprint density at radius 3 is 2.57 bits per heavy atom. The highest BCUT2D eigenvalue weighted by Crippen LogP contribution is 2.19. The lowest BCUT2D eigenvalue weighted by atomic mass is 10.1. The van der Waals surface area contributed by atoms with Crippen LogP contribution in [-0.2, 0) is 22.3 Å². The van der Waals surface area contributed by atoms with Crippen LogP contribution in [0.3, 0.4) is 0 Å². The van der Waals surface area contributed by atoms with Crippen LogP contribution in [0.4, 0.5) is 0 Å². The van der Waals surface area contributed by atoms with Gasteiger partial charge in [-0.2, -0.15) is 4.98 Å². The summed E-state index contributed by atoms with van der Waals surface area (Å²) in [6.07, 6.45) is 0. The third-order valence-corrected chi connectivity index (χ3v) is 4.91. The van der Waals surface area contributed by atoms with Crippen molar-refractivity contribution < 1.29 is 8.73 Å². The molecule has 0 spiro atoms. The van der Waals surface area contributed by atoms with Gasteiger partial charge >= 0.3 is 0 Å². The van der Waals surface area contributed by atoms with Crippen LogP contribution in [0.25, 0.3) is 11.4 Å². The van der Waals surface area contributed by atoms with Gasteiger partial charge in [0.15, 0.2) is 0 Å². The van der Waals surface area contributed by atoms with E-state index in [1.165, 1.54) is 5.56 Å². The Bertz CT molecular complexity index is 831. The molecule has 118 valence electrons. The quantitative estimate of drug-likeness (QED) is 0.696. The van der Waals surface area contributed by atoms with E-state index in [1.807, 2.05) is 49.4 Å². The zero-order chi connectivity index (χ0) is 16.2. The first-order chi connectivity index (χ1) is 11.1. The molecule has 0 aliphatic heterocycles. The normalized spacial score (nSPS) is 12.3. The summed E-state index contributed by atoms with van der Waals surface area (Å²) < 4.78 is 17.4. The molecule has 0 aliphatic carbocycles. The zero-order valence-corrected chi connectivity index (χ0v) is 14.1. The van der Waals surface area contributed by atoms with Gasteiger partial charge in [-0.15, -0.1) is 0 Å². The van der Waals surface area contributed by atoms with Gasteiger partial charge in [-0.3, -0.25) is 4.21 Å². The summed E-state index contributed by atoms with van der Waals surface area (Å²) in [6, 6.07) is 15.2. The van der Waals surface area contributed by atoms with E-state index in [4.69, 9.17) is 16.1 Å². The fourth-order valence-electron chi connectivity index (χ4n) is 2.11. The van der Waals surface area contributed by atoms with Gasteiger partial charge in [-0.1, -0.05) is 64.8 Å². The largest absolute Gasteiger partial charge is 0.338 e. The van der Waals surface area contributed by atoms with Crippen LogP contribution in [0.15, 0.2) is 53.1 Å².